The van der Waals surface area contributed by atoms with Gasteiger partial charge in [-0.2, -0.15) is 0 Å². The van der Waals surface area contributed by atoms with Crippen LogP contribution in [0.1, 0.15) is 44.5 Å². The highest BCUT2D eigenvalue weighted by molar-refractivity contribution is 5.96. The first-order valence-electron chi connectivity index (χ1n) is 8.82. The van der Waals surface area contributed by atoms with Crippen molar-refractivity contribution in [2.75, 3.05) is 20.3 Å². The van der Waals surface area contributed by atoms with E-state index >= 15 is 0 Å². The van der Waals surface area contributed by atoms with Gasteiger partial charge in [-0.3, -0.25) is 14.4 Å². The summed E-state index contributed by atoms with van der Waals surface area (Å²) in [5.41, 5.74) is 0.285. The van der Waals surface area contributed by atoms with Crippen LogP contribution < -0.4 is 14.8 Å². The maximum atomic E-state index is 12.7. The molecule has 0 saturated carbocycles. The Hall–Kier alpha value is -2.77. The predicted octanol–water partition coefficient (Wildman–Crippen LogP) is 1.92. The van der Waals surface area contributed by atoms with Gasteiger partial charge >= 0.3 is 5.97 Å². The minimum atomic E-state index is -1.08. The van der Waals surface area contributed by atoms with E-state index in [0.717, 1.165) is 0 Å². The molecule has 1 rings (SSSR count). The van der Waals surface area contributed by atoms with Crippen LogP contribution in [-0.2, 0) is 9.59 Å². The third-order valence-electron chi connectivity index (χ3n) is 3.91. The highest BCUT2D eigenvalue weighted by Gasteiger charge is 2.24. The van der Waals surface area contributed by atoms with Crippen LogP contribution in [0, 0.1) is 0 Å². The lowest BCUT2D eigenvalue weighted by atomic mass is 10.1. The summed E-state index contributed by atoms with van der Waals surface area (Å²) < 4.78 is 10.7. The van der Waals surface area contributed by atoms with Crippen LogP contribution in [-0.4, -0.2) is 60.1 Å². The van der Waals surface area contributed by atoms with Crippen LogP contribution in [0.25, 0.3) is 0 Å². The Morgan fingerprint density at radius 3 is 2.37 bits per heavy atom. The van der Waals surface area contributed by atoms with Gasteiger partial charge in [-0.15, -0.1) is 0 Å². The van der Waals surface area contributed by atoms with Gasteiger partial charge in [0.15, 0.2) is 18.1 Å². The van der Waals surface area contributed by atoms with Crippen LogP contribution >= 0.6 is 0 Å². The highest BCUT2D eigenvalue weighted by Crippen LogP contribution is 2.29. The molecule has 1 atom stereocenters. The average Bonchev–Trinajstić information content (AvgIpc) is 2.62. The molecule has 0 aliphatic rings. The Morgan fingerprint density at radius 2 is 1.85 bits per heavy atom. The van der Waals surface area contributed by atoms with Crippen molar-refractivity contribution in [3.8, 4) is 11.5 Å². The summed E-state index contributed by atoms with van der Waals surface area (Å²) >= 11 is 0. The summed E-state index contributed by atoms with van der Waals surface area (Å²) in [6.07, 6.45) is 0.627. The number of carboxylic acid groups (broad SMARTS) is 1. The molecule has 0 aliphatic heterocycles. The fraction of sp³-hybridized carbons (Fsp3) is 0.526. The summed E-state index contributed by atoms with van der Waals surface area (Å²) in [5, 5.41) is 11.8. The van der Waals surface area contributed by atoms with E-state index in [1.54, 1.807) is 6.92 Å². The third kappa shape index (κ3) is 6.80. The number of ether oxygens (including phenoxy) is 2. The molecular formula is C19H28N2O6. The SMILES string of the molecule is CCC(C)N(CC(=O)O)C(=O)c1ccc(OCC(=O)NC(C)C)c(OC)c1. The predicted molar refractivity (Wildman–Crippen MR) is 100 cm³/mol. The zero-order valence-electron chi connectivity index (χ0n) is 16.4. The number of hydrogen-bond donors (Lipinski definition) is 2. The molecule has 150 valence electrons. The molecule has 1 aromatic rings. The number of hydrogen-bond acceptors (Lipinski definition) is 5. The van der Waals surface area contributed by atoms with Gasteiger partial charge in [0.1, 0.15) is 6.54 Å². The summed E-state index contributed by atoms with van der Waals surface area (Å²) in [6, 6.07) is 4.32. The Bertz CT molecular complexity index is 674. The quantitative estimate of drug-likeness (QED) is 0.643. The van der Waals surface area contributed by atoms with Crippen molar-refractivity contribution in [1.82, 2.24) is 10.2 Å². The molecule has 0 heterocycles. The van der Waals surface area contributed by atoms with Crippen molar-refractivity contribution in [3.63, 3.8) is 0 Å². The van der Waals surface area contributed by atoms with E-state index in [0.29, 0.717) is 12.2 Å². The number of amides is 2. The molecule has 0 aromatic heterocycles. The second kappa shape index (κ2) is 10.4. The van der Waals surface area contributed by atoms with Gasteiger partial charge in [-0.1, -0.05) is 6.92 Å². The molecule has 1 aromatic carbocycles. The van der Waals surface area contributed by atoms with Gasteiger partial charge in [-0.25, -0.2) is 0 Å². The van der Waals surface area contributed by atoms with E-state index in [-0.39, 0.29) is 42.5 Å². The first-order valence-corrected chi connectivity index (χ1v) is 8.82. The number of benzene rings is 1. The van der Waals surface area contributed by atoms with Gasteiger partial charge in [0.2, 0.25) is 0 Å². The van der Waals surface area contributed by atoms with E-state index in [2.05, 4.69) is 5.32 Å². The largest absolute Gasteiger partial charge is 0.493 e. The molecule has 27 heavy (non-hydrogen) atoms. The zero-order valence-corrected chi connectivity index (χ0v) is 16.4. The fourth-order valence-electron chi connectivity index (χ4n) is 2.39. The van der Waals surface area contributed by atoms with E-state index in [4.69, 9.17) is 14.6 Å². The Balaban J connectivity index is 2.98. The molecular weight excluding hydrogens is 352 g/mol. The normalized spacial score (nSPS) is 11.6. The van der Waals surface area contributed by atoms with E-state index in [1.807, 2.05) is 20.8 Å². The van der Waals surface area contributed by atoms with Crippen LogP contribution in [0.4, 0.5) is 0 Å². The summed E-state index contributed by atoms with van der Waals surface area (Å²) in [4.78, 5) is 36.8. The van der Waals surface area contributed by atoms with Crippen LogP contribution in [0.3, 0.4) is 0 Å². The maximum absolute atomic E-state index is 12.7. The maximum Gasteiger partial charge on any atom is 0.323 e. The Labute approximate surface area is 159 Å². The van der Waals surface area contributed by atoms with Crippen LogP contribution in [0.2, 0.25) is 0 Å². The highest BCUT2D eigenvalue weighted by atomic mass is 16.5. The molecule has 8 heteroatoms. The number of methoxy groups -OCH3 is 1. The molecule has 2 N–H and O–H groups in total. The number of aliphatic carboxylic acids is 1. The first kappa shape index (κ1) is 22.3. The summed E-state index contributed by atoms with van der Waals surface area (Å²) in [5.74, 6) is -1.14. The van der Waals surface area contributed by atoms with Gasteiger partial charge in [0.25, 0.3) is 11.8 Å². The fourth-order valence-corrected chi connectivity index (χ4v) is 2.39. The number of carbonyl (C=O) groups is 3. The Morgan fingerprint density at radius 1 is 1.19 bits per heavy atom. The molecule has 0 fully saturated rings. The average molecular weight is 380 g/mol. The van der Waals surface area contributed by atoms with Gasteiger partial charge in [-0.05, 0) is 45.4 Å². The molecule has 0 radical (unpaired) electrons. The smallest absolute Gasteiger partial charge is 0.323 e. The van der Waals surface area contributed by atoms with Gasteiger partial charge in [0, 0.05) is 17.6 Å². The minimum Gasteiger partial charge on any atom is -0.493 e. The lowest BCUT2D eigenvalue weighted by Crippen LogP contribution is -2.41. The zero-order chi connectivity index (χ0) is 20.6. The molecule has 1 unspecified atom stereocenters. The molecule has 0 aliphatic carbocycles. The van der Waals surface area contributed by atoms with Crippen molar-refractivity contribution in [2.45, 2.75) is 46.2 Å². The lowest BCUT2D eigenvalue weighted by Gasteiger charge is -2.27. The second-order valence-corrected chi connectivity index (χ2v) is 6.46. The number of rotatable bonds is 10. The van der Waals surface area contributed by atoms with E-state index in [9.17, 15) is 14.4 Å². The summed E-state index contributed by atoms with van der Waals surface area (Å²) in [6.45, 7) is 6.80. The van der Waals surface area contributed by atoms with Crippen molar-refractivity contribution in [3.05, 3.63) is 23.8 Å². The Kier molecular flexibility index (Phi) is 8.58. The lowest BCUT2D eigenvalue weighted by molar-refractivity contribution is -0.138. The molecule has 2 amide bonds. The molecule has 0 saturated heterocycles. The monoisotopic (exact) mass is 380 g/mol. The minimum absolute atomic E-state index is 0.00349. The van der Waals surface area contributed by atoms with Gasteiger partial charge < -0.3 is 24.8 Å². The summed E-state index contributed by atoms with van der Waals surface area (Å²) in [7, 11) is 1.42. The van der Waals surface area contributed by atoms with Gasteiger partial charge in [0.05, 0.1) is 7.11 Å². The number of nitrogens with one attached hydrogen (secondary N) is 1. The second-order valence-electron chi connectivity index (χ2n) is 6.46. The molecule has 0 bridgehead atoms. The van der Waals surface area contributed by atoms with Crippen molar-refractivity contribution < 1.29 is 29.0 Å². The van der Waals surface area contributed by atoms with Crippen molar-refractivity contribution in [2.24, 2.45) is 0 Å². The van der Waals surface area contributed by atoms with Crippen LogP contribution in [0.15, 0.2) is 18.2 Å². The van der Waals surface area contributed by atoms with Crippen molar-refractivity contribution in [1.29, 1.82) is 0 Å². The first-order chi connectivity index (χ1) is 12.7. The van der Waals surface area contributed by atoms with E-state index < -0.39 is 11.9 Å². The topological polar surface area (TPSA) is 105 Å². The molecule has 8 nitrogen and oxygen atoms in total. The number of carbonyl (C=O) groups excluding carboxylic acids is 2. The van der Waals surface area contributed by atoms with Crippen LogP contribution in [0.5, 0.6) is 11.5 Å². The molecule has 0 spiro atoms. The van der Waals surface area contributed by atoms with E-state index in [1.165, 1.54) is 30.2 Å². The number of nitrogens with zero attached hydrogens (tertiary/aromatic N) is 1. The van der Waals surface area contributed by atoms with Crippen molar-refractivity contribution >= 4 is 17.8 Å². The standard InChI is InChI=1S/C19H28N2O6/c1-6-13(4)21(10-18(23)24)19(25)14-7-8-15(16(9-14)26-5)27-11-17(22)20-12(2)3/h7-9,12-13H,6,10-11H2,1-5H3,(H,20,22)(H,23,24). The third-order valence-corrected chi connectivity index (χ3v) is 3.91. The number of carboxylic acids is 1.